The standard InChI is InChI=1S/C10H7F3N2O3/c11-10(12,13)18-8-2-5(3-14)1-6(9(16)17)7(8)4-15/h1-2H,4,15H2,(H,16,17). The van der Waals surface area contributed by atoms with Crippen LogP contribution in [0.4, 0.5) is 13.2 Å². The Morgan fingerprint density at radius 1 is 1.50 bits per heavy atom. The first kappa shape index (κ1) is 13.8. The maximum Gasteiger partial charge on any atom is 0.573 e. The third-order valence-electron chi connectivity index (χ3n) is 2.00. The minimum absolute atomic E-state index is 0.260. The molecule has 0 atom stereocenters. The van der Waals surface area contributed by atoms with E-state index < -0.39 is 30.2 Å². The molecule has 0 spiro atoms. The lowest BCUT2D eigenvalue weighted by Gasteiger charge is -2.14. The van der Waals surface area contributed by atoms with E-state index in [1.807, 2.05) is 0 Å². The number of hydrogen-bond donors (Lipinski definition) is 2. The molecule has 8 heteroatoms. The number of nitrogens with two attached hydrogens (primary N) is 1. The molecule has 1 rings (SSSR count). The lowest BCUT2D eigenvalue weighted by atomic mass is 10.0. The van der Waals surface area contributed by atoms with Crippen molar-refractivity contribution in [3.8, 4) is 11.8 Å². The molecule has 0 radical (unpaired) electrons. The van der Waals surface area contributed by atoms with Gasteiger partial charge in [0, 0.05) is 12.1 Å². The number of hydrogen-bond acceptors (Lipinski definition) is 4. The summed E-state index contributed by atoms with van der Waals surface area (Å²) in [4.78, 5) is 10.9. The molecule has 5 nitrogen and oxygen atoms in total. The van der Waals surface area contributed by atoms with E-state index in [0.717, 1.165) is 12.1 Å². The fraction of sp³-hybridized carbons (Fsp3) is 0.200. The van der Waals surface area contributed by atoms with Gasteiger partial charge < -0.3 is 15.6 Å². The molecule has 0 aliphatic carbocycles. The summed E-state index contributed by atoms with van der Waals surface area (Å²) in [7, 11) is 0. The molecular formula is C10H7F3N2O3. The lowest BCUT2D eigenvalue weighted by molar-refractivity contribution is -0.274. The molecule has 0 saturated heterocycles. The second-order valence-electron chi connectivity index (χ2n) is 3.17. The van der Waals surface area contributed by atoms with Crippen LogP contribution in [0.2, 0.25) is 0 Å². The Balaban J connectivity index is 3.44. The second kappa shape index (κ2) is 4.93. The van der Waals surface area contributed by atoms with Crippen LogP contribution in [0.15, 0.2) is 12.1 Å². The van der Waals surface area contributed by atoms with Gasteiger partial charge in [0.05, 0.1) is 17.2 Å². The number of halogens is 3. The summed E-state index contributed by atoms with van der Waals surface area (Å²) in [6.07, 6.45) is -4.99. The zero-order valence-corrected chi connectivity index (χ0v) is 8.78. The number of carboxylic acid groups (broad SMARTS) is 1. The van der Waals surface area contributed by atoms with E-state index in [1.54, 1.807) is 6.07 Å². The Morgan fingerprint density at radius 2 is 2.11 bits per heavy atom. The Bertz CT molecular complexity index is 520. The zero-order valence-electron chi connectivity index (χ0n) is 8.78. The van der Waals surface area contributed by atoms with Gasteiger partial charge >= 0.3 is 12.3 Å². The third kappa shape index (κ3) is 3.11. The van der Waals surface area contributed by atoms with Crippen molar-refractivity contribution in [1.82, 2.24) is 0 Å². The van der Waals surface area contributed by atoms with Crippen LogP contribution in [0.1, 0.15) is 21.5 Å². The number of carbonyl (C=O) groups is 1. The average Bonchev–Trinajstić information content (AvgIpc) is 2.25. The number of benzene rings is 1. The van der Waals surface area contributed by atoms with Crippen LogP contribution in [0, 0.1) is 11.3 Å². The Labute approximate surface area is 99.2 Å². The summed E-state index contributed by atoms with van der Waals surface area (Å²) < 4.78 is 40.1. The SMILES string of the molecule is N#Cc1cc(OC(F)(F)F)c(CN)c(C(=O)O)c1. The van der Waals surface area contributed by atoms with Crippen LogP contribution >= 0.6 is 0 Å². The van der Waals surface area contributed by atoms with Crippen LogP contribution in [-0.4, -0.2) is 17.4 Å². The van der Waals surface area contributed by atoms with Gasteiger partial charge in [-0.3, -0.25) is 0 Å². The van der Waals surface area contributed by atoms with Gasteiger partial charge in [-0.25, -0.2) is 4.79 Å². The molecule has 0 aromatic heterocycles. The number of rotatable bonds is 3. The molecule has 0 amide bonds. The number of nitriles is 1. The Morgan fingerprint density at radius 3 is 2.50 bits per heavy atom. The van der Waals surface area contributed by atoms with Gasteiger partial charge in [-0.1, -0.05) is 0 Å². The summed E-state index contributed by atoms with van der Waals surface area (Å²) >= 11 is 0. The number of carboxylic acids is 1. The van der Waals surface area contributed by atoms with Gasteiger partial charge in [0.15, 0.2) is 0 Å². The first-order valence-electron chi connectivity index (χ1n) is 4.54. The van der Waals surface area contributed by atoms with E-state index in [0.29, 0.717) is 0 Å². The zero-order chi connectivity index (χ0) is 13.9. The molecule has 0 bridgehead atoms. The maximum absolute atomic E-state index is 12.1. The summed E-state index contributed by atoms with van der Waals surface area (Å²) in [5.74, 6) is -2.26. The smallest absolute Gasteiger partial charge is 0.478 e. The molecule has 0 aliphatic rings. The molecule has 18 heavy (non-hydrogen) atoms. The maximum atomic E-state index is 12.1. The van der Waals surface area contributed by atoms with Gasteiger partial charge in [0.1, 0.15) is 5.75 Å². The number of ether oxygens (including phenoxy) is 1. The molecule has 0 aliphatic heterocycles. The number of nitrogens with zero attached hydrogens (tertiary/aromatic N) is 1. The first-order valence-corrected chi connectivity index (χ1v) is 4.54. The minimum atomic E-state index is -4.99. The Hall–Kier alpha value is -2.27. The number of aromatic carboxylic acids is 1. The summed E-state index contributed by atoms with van der Waals surface area (Å²) in [5, 5.41) is 17.5. The van der Waals surface area contributed by atoms with Gasteiger partial charge in [0.2, 0.25) is 0 Å². The molecule has 3 N–H and O–H groups in total. The number of alkyl halides is 3. The van der Waals surface area contributed by atoms with Crippen molar-refractivity contribution in [2.24, 2.45) is 5.73 Å². The highest BCUT2D eigenvalue weighted by Gasteiger charge is 2.33. The monoisotopic (exact) mass is 260 g/mol. The van der Waals surface area contributed by atoms with Gasteiger partial charge in [-0.05, 0) is 12.1 Å². The Kier molecular flexibility index (Phi) is 3.78. The van der Waals surface area contributed by atoms with Gasteiger partial charge in [-0.15, -0.1) is 13.2 Å². The molecule has 0 unspecified atom stereocenters. The normalized spacial score (nSPS) is 10.8. The molecule has 0 fully saturated rings. The first-order chi connectivity index (χ1) is 8.28. The fourth-order valence-corrected chi connectivity index (χ4v) is 1.33. The quantitative estimate of drug-likeness (QED) is 0.860. The molecule has 0 heterocycles. The van der Waals surface area contributed by atoms with E-state index in [1.165, 1.54) is 0 Å². The fourth-order valence-electron chi connectivity index (χ4n) is 1.33. The predicted octanol–water partition coefficient (Wildman–Crippen LogP) is 1.61. The third-order valence-corrected chi connectivity index (χ3v) is 2.00. The van der Waals surface area contributed by atoms with E-state index in [9.17, 15) is 18.0 Å². The van der Waals surface area contributed by atoms with Crippen molar-refractivity contribution in [3.63, 3.8) is 0 Å². The summed E-state index contributed by atoms with van der Waals surface area (Å²) in [5.41, 5.74) is 4.14. The van der Waals surface area contributed by atoms with Crippen LogP contribution < -0.4 is 10.5 Å². The molecule has 1 aromatic rings. The highest BCUT2D eigenvalue weighted by Crippen LogP contribution is 2.30. The lowest BCUT2D eigenvalue weighted by Crippen LogP contribution is -2.20. The largest absolute Gasteiger partial charge is 0.573 e. The topological polar surface area (TPSA) is 96.3 Å². The van der Waals surface area contributed by atoms with Crippen molar-refractivity contribution in [2.45, 2.75) is 12.9 Å². The van der Waals surface area contributed by atoms with Gasteiger partial charge in [0.25, 0.3) is 0 Å². The van der Waals surface area contributed by atoms with Crippen molar-refractivity contribution in [1.29, 1.82) is 5.26 Å². The predicted molar refractivity (Wildman–Crippen MR) is 52.7 cm³/mol. The molecular weight excluding hydrogens is 253 g/mol. The van der Waals surface area contributed by atoms with Crippen molar-refractivity contribution >= 4 is 5.97 Å². The van der Waals surface area contributed by atoms with Crippen LogP contribution in [-0.2, 0) is 6.54 Å². The average molecular weight is 260 g/mol. The van der Waals surface area contributed by atoms with Crippen molar-refractivity contribution in [2.75, 3.05) is 0 Å². The molecule has 1 aromatic carbocycles. The van der Waals surface area contributed by atoms with Crippen LogP contribution in [0.3, 0.4) is 0 Å². The van der Waals surface area contributed by atoms with E-state index >= 15 is 0 Å². The van der Waals surface area contributed by atoms with Crippen molar-refractivity contribution in [3.05, 3.63) is 28.8 Å². The molecule has 96 valence electrons. The van der Waals surface area contributed by atoms with E-state index in [-0.39, 0.29) is 11.1 Å². The highest BCUT2D eigenvalue weighted by atomic mass is 19.4. The molecule has 0 saturated carbocycles. The highest BCUT2D eigenvalue weighted by molar-refractivity contribution is 5.90. The summed E-state index contributed by atoms with van der Waals surface area (Å²) in [6.45, 7) is -0.460. The van der Waals surface area contributed by atoms with Gasteiger partial charge in [-0.2, -0.15) is 5.26 Å². The van der Waals surface area contributed by atoms with Crippen molar-refractivity contribution < 1.29 is 27.8 Å². The summed E-state index contributed by atoms with van der Waals surface area (Å²) in [6, 6.07) is 3.28. The van der Waals surface area contributed by atoms with Crippen LogP contribution in [0.5, 0.6) is 5.75 Å². The van der Waals surface area contributed by atoms with E-state index in [4.69, 9.17) is 16.1 Å². The van der Waals surface area contributed by atoms with E-state index in [2.05, 4.69) is 4.74 Å². The van der Waals surface area contributed by atoms with Crippen LogP contribution in [0.25, 0.3) is 0 Å². The minimum Gasteiger partial charge on any atom is -0.478 e. The second-order valence-corrected chi connectivity index (χ2v) is 3.17.